The molecular weight excluding hydrogens is 388 g/mol. The summed E-state index contributed by atoms with van der Waals surface area (Å²) < 4.78 is 5.57. The van der Waals surface area contributed by atoms with Gasteiger partial charge in [-0.05, 0) is 67.1 Å². The van der Waals surface area contributed by atoms with Gasteiger partial charge in [0.15, 0.2) is 0 Å². The van der Waals surface area contributed by atoms with Crippen LogP contribution in [0, 0.1) is 0 Å². The molecule has 0 unspecified atom stereocenters. The second-order valence-corrected chi connectivity index (χ2v) is 6.79. The lowest BCUT2D eigenvalue weighted by atomic mass is 10.1. The maximum Gasteiger partial charge on any atom is 0.255 e. The highest BCUT2D eigenvalue weighted by Crippen LogP contribution is 2.25. The first-order chi connectivity index (χ1) is 15.2. The Balaban J connectivity index is 1.44. The summed E-state index contributed by atoms with van der Waals surface area (Å²) in [5, 5.41) is 6.16. The Morgan fingerprint density at radius 2 is 1.71 bits per heavy atom. The fraction of sp³-hybridized carbons (Fsp3) is 0.0800. The number of carbonyl (C=O) groups excluding carboxylic acids is 1. The highest BCUT2D eigenvalue weighted by molar-refractivity contribution is 6.04. The second kappa shape index (κ2) is 9.54. The van der Waals surface area contributed by atoms with E-state index < -0.39 is 0 Å². The Morgan fingerprint density at radius 3 is 2.48 bits per heavy atom. The van der Waals surface area contributed by atoms with Crippen LogP contribution in [0.2, 0.25) is 0 Å². The standard InChI is InChI=1S/C25H22N4O2/c1-2-31-23-8-3-5-19(15-23)20-9-10-24(27-17-20)28-21-6-4-7-22(16-21)29-25(30)18-11-13-26-14-12-18/h3-17H,2H2,1H3,(H,27,28)(H,29,30). The summed E-state index contributed by atoms with van der Waals surface area (Å²) in [4.78, 5) is 20.8. The van der Waals surface area contributed by atoms with Gasteiger partial charge in [0, 0.05) is 41.1 Å². The fourth-order valence-electron chi connectivity index (χ4n) is 3.10. The van der Waals surface area contributed by atoms with Crippen molar-refractivity contribution in [2.45, 2.75) is 6.92 Å². The van der Waals surface area contributed by atoms with Crippen LogP contribution in [0.1, 0.15) is 17.3 Å². The van der Waals surface area contributed by atoms with Crippen molar-refractivity contribution in [3.05, 3.63) is 97.0 Å². The van der Waals surface area contributed by atoms with Gasteiger partial charge in [-0.1, -0.05) is 18.2 Å². The minimum Gasteiger partial charge on any atom is -0.494 e. The smallest absolute Gasteiger partial charge is 0.255 e. The third-order valence-corrected chi connectivity index (χ3v) is 4.58. The highest BCUT2D eigenvalue weighted by Gasteiger charge is 2.06. The lowest BCUT2D eigenvalue weighted by Gasteiger charge is -2.10. The predicted octanol–water partition coefficient (Wildman–Crippen LogP) is 5.54. The summed E-state index contributed by atoms with van der Waals surface area (Å²) in [5.74, 6) is 1.37. The lowest BCUT2D eigenvalue weighted by Crippen LogP contribution is -2.11. The molecule has 0 aliphatic heterocycles. The quantitative estimate of drug-likeness (QED) is 0.418. The summed E-state index contributed by atoms with van der Waals surface area (Å²) in [5.41, 5.74) is 4.12. The van der Waals surface area contributed by atoms with Crippen LogP contribution in [0.4, 0.5) is 17.2 Å². The Bertz CT molecular complexity index is 1160. The average molecular weight is 410 g/mol. The van der Waals surface area contributed by atoms with Crippen LogP contribution >= 0.6 is 0 Å². The molecule has 0 atom stereocenters. The first-order valence-electron chi connectivity index (χ1n) is 9.99. The summed E-state index contributed by atoms with van der Waals surface area (Å²) >= 11 is 0. The Labute approximate surface area is 181 Å². The Kier molecular flexibility index (Phi) is 6.18. The third kappa shape index (κ3) is 5.25. The fourth-order valence-corrected chi connectivity index (χ4v) is 3.10. The molecule has 0 fully saturated rings. The van der Waals surface area contributed by atoms with Gasteiger partial charge in [0.1, 0.15) is 11.6 Å². The number of anilines is 3. The highest BCUT2D eigenvalue weighted by atomic mass is 16.5. The monoisotopic (exact) mass is 410 g/mol. The molecule has 6 heteroatoms. The van der Waals surface area contributed by atoms with E-state index in [1.807, 2.05) is 73.8 Å². The van der Waals surface area contributed by atoms with Gasteiger partial charge in [0.2, 0.25) is 0 Å². The number of hydrogen-bond acceptors (Lipinski definition) is 5. The van der Waals surface area contributed by atoms with E-state index in [0.29, 0.717) is 23.7 Å². The van der Waals surface area contributed by atoms with Crippen molar-refractivity contribution in [2.75, 3.05) is 17.2 Å². The van der Waals surface area contributed by atoms with Crippen molar-refractivity contribution in [2.24, 2.45) is 0 Å². The maximum absolute atomic E-state index is 12.3. The number of benzene rings is 2. The maximum atomic E-state index is 12.3. The molecule has 0 radical (unpaired) electrons. The van der Waals surface area contributed by atoms with E-state index in [4.69, 9.17) is 4.74 Å². The van der Waals surface area contributed by atoms with Crippen LogP contribution in [0.25, 0.3) is 11.1 Å². The zero-order valence-corrected chi connectivity index (χ0v) is 17.1. The molecule has 0 aliphatic rings. The summed E-state index contributed by atoms with van der Waals surface area (Å²) in [6.45, 7) is 2.60. The zero-order chi connectivity index (χ0) is 21.5. The minimum atomic E-state index is -0.184. The van der Waals surface area contributed by atoms with E-state index in [-0.39, 0.29) is 5.91 Å². The van der Waals surface area contributed by atoms with Crippen molar-refractivity contribution in [1.82, 2.24) is 9.97 Å². The molecule has 2 heterocycles. The molecule has 2 N–H and O–H groups in total. The molecule has 154 valence electrons. The van der Waals surface area contributed by atoms with E-state index in [0.717, 1.165) is 22.6 Å². The second-order valence-electron chi connectivity index (χ2n) is 6.79. The number of nitrogens with zero attached hydrogens (tertiary/aromatic N) is 2. The summed E-state index contributed by atoms with van der Waals surface area (Å²) in [6.07, 6.45) is 5.01. The third-order valence-electron chi connectivity index (χ3n) is 4.58. The number of hydrogen-bond donors (Lipinski definition) is 2. The molecule has 31 heavy (non-hydrogen) atoms. The molecule has 4 rings (SSSR count). The van der Waals surface area contributed by atoms with Crippen LogP contribution in [0.15, 0.2) is 91.4 Å². The van der Waals surface area contributed by atoms with Crippen molar-refractivity contribution < 1.29 is 9.53 Å². The minimum absolute atomic E-state index is 0.184. The van der Waals surface area contributed by atoms with E-state index in [1.54, 1.807) is 24.5 Å². The number of aromatic nitrogens is 2. The summed E-state index contributed by atoms with van der Waals surface area (Å²) in [7, 11) is 0. The molecular formula is C25H22N4O2. The number of pyridine rings is 2. The van der Waals surface area contributed by atoms with Gasteiger partial charge in [-0.2, -0.15) is 0 Å². The van der Waals surface area contributed by atoms with Crippen LogP contribution in [-0.4, -0.2) is 22.5 Å². The van der Waals surface area contributed by atoms with E-state index >= 15 is 0 Å². The van der Waals surface area contributed by atoms with Crippen LogP contribution < -0.4 is 15.4 Å². The van der Waals surface area contributed by atoms with E-state index in [2.05, 4.69) is 20.6 Å². The van der Waals surface area contributed by atoms with Crippen molar-refractivity contribution >= 4 is 23.1 Å². The van der Waals surface area contributed by atoms with Gasteiger partial charge in [-0.15, -0.1) is 0 Å². The Hall–Kier alpha value is -4.19. The molecule has 1 amide bonds. The molecule has 4 aromatic rings. The number of rotatable bonds is 7. The average Bonchev–Trinajstić information content (AvgIpc) is 2.81. The topological polar surface area (TPSA) is 76.1 Å². The van der Waals surface area contributed by atoms with Crippen LogP contribution in [0.3, 0.4) is 0 Å². The predicted molar refractivity (Wildman–Crippen MR) is 123 cm³/mol. The first-order valence-corrected chi connectivity index (χ1v) is 9.99. The number of ether oxygens (including phenoxy) is 1. The first kappa shape index (κ1) is 20.1. The van der Waals surface area contributed by atoms with Crippen LogP contribution in [-0.2, 0) is 0 Å². The molecule has 0 saturated carbocycles. The van der Waals surface area contributed by atoms with Gasteiger partial charge in [0.05, 0.1) is 6.61 Å². The molecule has 0 spiro atoms. The normalized spacial score (nSPS) is 10.4. The molecule has 2 aromatic heterocycles. The molecule has 0 aliphatic carbocycles. The van der Waals surface area contributed by atoms with Crippen molar-refractivity contribution in [1.29, 1.82) is 0 Å². The van der Waals surface area contributed by atoms with Gasteiger partial charge in [0.25, 0.3) is 5.91 Å². The Morgan fingerprint density at radius 1 is 0.903 bits per heavy atom. The van der Waals surface area contributed by atoms with Crippen molar-refractivity contribution in [3.63, 3.8) is 0 Å². The SMILES string of the molecule is CCOc1cccc(-c2ccc(Nc3cccc(NC(=O)c4ccncc4)c3)nc2)c1. The van der Waals surface area contributed by atoms with E-state index in [1.165, 1.54) is 0 Å². The van der Waals surface area contributed by atoms with Gasteiger partial charge < -0.3 is 15.4 Å². The number of carbonyl (C=O) groups is 1. The molecule has 0 saturated heterocycles. The van der Waals surface area contributed by atoms with Crippen molar-refractivity contribution in [3.8, 4) is 16.9 Å². The van der Waals surface area contributed by atoms with Gasteiger partial charge >= 0.3 is 0 Å². The summed E-state index contributed by atoms with van der Waals surface area (Å²) in [6, 6.07) is 22.7. The number of nitrogens with one attached hydrogen (secondary N) is 2. The molecule has 2 aromatic carbocycles. The molecule has 6 nitrogen and oxygen atoms in total. The largest absolute Gasteiger partial charge is 0.494 e. The van der Waals surface area contributed by atoms with Crippen LogP contribution in [0.5, 0.6) is 5.75 Å². The van der Waals surface area contributed by atoms with E-state index in [9.17, 15) is 4.79 Å². The van der Waals surface area contributed by atoms with Gasteiger partial charge in [-0.25, -0.2) is 4.98 Å². The zero-order valence-electron chi connectivity index (χ0n) is 17.1. The lowest BCUT2D eigenvalue weighted by molar-refractivity contribution is 0.102. The number of amides is 1. The molecule has 0 bridgehead atoms. The van der Waals surface area contributed by atoms with Gasteiger partial charge in [-0.3, -0.25) is 9.78 Å².